The first-order valence-electron chi connectivity index (χ1n) is 7.18. The van der Waals surface area contributed by atoms with Gasteiger partial charge < -0.3 is 15.3 Å². The summed E-state index contributed by atoms with van der Waals surface area (Å²) in [6.07, 6.45) is 5.67. The van der Waals surface area contributed by atoms with Crippen LogP contribution in [0.15, 0.2) is 35.5 Å². The highest BCUT2D eigenvalue weighted by molar-refractivity contribution is 5.86. The molecule has 0 aromatic heterocycles. The standard InChI is InChI=1S/C7H12O2.2C5H8O2/c1-3-4-5-6(2)7(8)9;2*1-3-4(2)5(6)7/h2-5H2,1H3,(H,8,9);2*3H,1-2H3,(H,6,7). The molecule has 0 radical (unpaired) electrons. The molecule has 0 fully saturated rings. The number of carboxylic acids is 3. The SMILES string of the molecule is C=C(CCCC)C(=O)O.CC=C(C)C(=O)O.CC=C(C)C(=O)O. The average molecular weight is 328 g/mol. The first-order chi connectivity index (χ1) is 10.5. The lowest BCUT2D eigenvalue weighted by Crippen LogP contribution is -1.97. The number of aliphatic carboxylic acids is 3. The van der Waals surface area contributed by atoms with Crippen molar-refractivity contribution in [2.45, 2.75) is 53.9 Å². The van der Waals surface area contributed by atoms with Crippen LogP contribution in [0.1, 0.15) is 53.9 Å². The van der Waals surface area contributed by atoms with Crippen LogP contribution in [-0.4, -0.2) is 33.2 Å². The highest BCUT2D eigenvalue weighted by Gasteiger charge is 2.00. The van der Waals surface area contributed by atoms with Crippen molar-refractivity contribution in [1.29, 1.82) is 0 Å². The van der Waals surface area contributed by atoms with Crippen molar-refractivity contribution in [1.82, 2.24) is 0 Å². The van der Waals surface area contributed by atoms with Crippen molar-refractivity contribution in [3.05, 3.63) is 35.5 Å². The first kappa shape index (κ1) is 25.6. The van der Waals surface area contributed by atoms with Crippen LogP contribution in [0.5, 0.6) is 0 Å². The van der Waals surface area contributed by atoms with Gasteiger partial charge in [-0.25, -0.2) is 14.4 Å². The Balaban J connectivity index is -0.000000264. The quantitative estimate of drug-likeness (QED) is 0.638. The molecule has 0 bridgehead atoms. The second-order valence-electron chi connectivity index (χ2n) is 4.57. The highest BCUT2D eigenvalue weighted by Crippen LogP contribution is 2.03. The predicted octanol–water partition coefficient (Wildman–Crippen LogP) is 3.89. The number of allylic oxidation sites excluding steroid dienone is 2. The molecular formula is C17H28O6. The molecule has 3 N–H and O–H groups in total. The highest BCUT2D eigenvalue weighted by atomic mass is 16.4. The number of carboxylic acid groups (broad SMARTS) is 3. The van der Waals surface area contributed by atoms with Gasteiger partial charge in [-0.15, -0.1) is 0 Å². The average Bonchev–Trinajstić information content (AvgIpc) is 2.51. The molecule has 0 aromatic carbocycles. The van der Waals surface area contributed by atoms with E-state index in [1.807, 2.05) is 6.92 Å². The molecular weight excluding hydrogens is 300 g/mol. The van der Waals surface area contributed by atoms with Crippen molar-refractivity contribution >= 4 is 17.9 Å². The zero-order valence-electron chi connectivity index (χ0n) is 14.5. The number of unbranched alkanes of at least 4 members (excludes halogenated alkanes) is 1. The van der Waals surface area contributed by atoms with Gasteiger partial charge in [0.15, 0.2) is 0 Å². The minimum Gasteiger partial charge on any atom is -0.478 e. The van der Waals surface area contributed by atoms with E-state index in [2.05, 4.69) is 6.58 Å². The molecule has 0 saturated heterocycles. The molecule has 0 aliphatic carbocycles. The molecule has 0 atom stereocenters. The third-order valence-electron chi connectivity index (χ3n) is 2.68. The summed E-state index contributed by atoms with van der Waals surface area (Å²) < 4.78 is 0. The number of rotatable bonds is 6. The fourth-order valence-electron chi connectivity index (χ4n) is 0.744. The predicted molar refractivity (Wildman–Crippen MR) is 90.4 cm³/mol. The van der Waals surface area contributed by atoms with E-state index in [0.717, 1.165) is 12.8 Å². The largest absolute Gasteiger partial charge is 0.478 e. The van der Waals surface area contributed by atoms with Crippen molar-refractivity contribution < 1.29 is 29.7 Å². The Morgan fingerprint density at radius 2 is 1.22 bits per heavy atom. The fraction of sp³-hybridized carbons (Fsp3) is 0.471. The molecule has 0 aliphatic heterocycles. The summed E-state index contributed by atoms with van der Waals surface area (Å²) in [5, 5.41) is 24.5. The summed E-state index contributed by atoms with van der Waals surface area (Å²) in [5.74, 6) is -2.56. The maximum Gasteiger partial charge on any atom is 0.330 e. The van der Waals surface area contributed by atoms with Crippen LogP contribution < -0.4 is 0 Å². The van der Waals surface area contributed by atoms with E-state index in [9.17, 15) is 14.4 Å². The number of hydrogen-bond donors (Lipinski definition) is 3. The van der Waals surface area contributed by atoms with Crippen LogP contribution in [0.25, 0.3) is 0 Å². The Hall–Kier alpha value is -2.37. The maximum absolute atomic E-state index is 10.1. The molecule has 23 heavy (non-hydrogen) atoms. The van der Waals surface area contributed by atoms with Crippen LogP contribution in [0, 0.1) is 0 Å². The van der Waals surface area contributed by atoms with Gasteiger partial charge in [0.1, 0.15) is 0 Å². The Bertz CT molecular complexity index is 430. The van der Waals surface area contributed by atoms with Gasteiger partial charge in [0.25, 0.3) is 0 Å². The second kappa shape index (κ2) is 16.0. The molecule has 0 spiro atoms. The first-order valence-corrected chi connectivity index (χ1v) is 7.18. The fourth-order valence-corrected chi connectivity index (χ4v) is 0.744. The van der Waals surface area contributed by atoms with E-state index in [4.69, 9.17) is 15.3 Å². The number of carbonyl (C=O) groups is 3. The van der Waals surface area contributed by atoms with Crippen LogP contribution >= 0.6 is 0 Å². The van der Waals surface area contributed by atoms with E-state index in [-0.39, 0.29) is 0 Å². The zero-order valence-corrected chi connectivity index (χ0v) is 14.5. The Morgan fingerprint density at radius 3 is 1.35 bits per heavy atom. The summed E-state index contributed by atoms with van der Waals surface area (Å²) >= 11 is 0. The minimum atomic E-state index is -0.872. The Kier molecular flexibility index (Phi) is 17.8. The van der Waals surface area contributed by atoms with Gasteiger partial charge in [-0.1, -0.05) is 32.1 Å². The van der Waals surface area contributed by atoms with E-state index < -0.39 is 17.9 Å². The van der Waals surface area contributed by atoms with Crippen LogP contribution in [0.3, 0.4) is 0 Å². The molecule has 6 heteroatoms. The second-order valence-corrected chi connectivity index (χ2v) is 4.57. The van der Waals surface area contributed by atoms with Gasteiger partial charge in [0.05, 0.1) is 0 Å². The molecule has 132 valence electrons. The van der Waals surface area contributed by atoms with E-state index in [0.29, 0.717) is 23.1 Å². The molecule has 6 nitrogen and oxygen atoms in total. The monoisotopic (exact) mass is 328 g/mol. The summed E-state index contributed by atoms with van der Waals surface area (Å²) in [5.41, 5.74) is 1.09. The summed E-state index contributed by atoms with van der Waals surface area (Å²) in [6.45, 7) is 11.9. The lowest BCUT2D eigenvalue weighted by atomic mass is 10.1. The number of hydrogen-bond acceptors (Lipinski definition) is 3. The van der Waals surface area contributed by atoms with Gasteiger partial charge in [-0.3, -0.25) is 0 Å². The topological polar surface area (TPSA) is 112 Å². The van der Waals surface area contributed by atoms with Gasteiger partial charge in [-0.2, -0.15) is 0 Å². The lowest BCUT2D eigenvalue weighted by Gasteiger charge is -1.95. The lowest BCUT2D eigenvalue weighted by molar-refractivity contribution is -0.133. The van der Waals surface area contributed by atoms with Gasteiger partial charge in [0, 0.05) is 16.7 Å². The normalized spacial score (nSPS) is 10.5. The summed E-state index contributed by atoms with van der Waals surface area (Å²) in [6, 6.07) is 0. The van der Waals surface area contributed by atoms with E-state index in [1.54, 1.807) is 39.8 Å². The van der Waals surface area contributed by atoms with Gasteiger partial charge in [0.2, 0.25) is 0 Å². The third kappa shape index (κ3) is 19.6. The van der Waals surface area contributed by atoms with Crippen LogP contribution in [-0.2, 0) is 14.4 Å². The maximum atomic E-state index is 10.1. The van der Waals surface area contributed by atoms with Crippen molar-refractivity contribution in [2.24, 2.45) is 0 Å². The Labute approximate surface area is 137 Å². The van der Waals surface area contributed by atoms with E-state index in [1.165, 1.54) is 0 Å². The summed E-state index contributed by atoms with van der Waals surface area (Å²) in [4.78, 5) is 29.8. The molecule has 0 unspecified atom stereocenters. The minimum absolute atomic E-state index is 0.317. The molecule has 0 heterocycles. The Morgan fingerprint density at radius 1 is 0.870 bits per heavy atom. The van der Waals surface area contributed by atoms with Crippen molar-refractivity contribution in [3.63, 3.8) is 0 Å². The summed E-state index contributed by atoms with van der Waals surface area (Å²) in [7, 11) is 0. The van der Waals surface area contributed by atoms with Crippen LogP contribution in [0.2, 0.25) is 0 Å². The molecule has 0 rings (SSSR count). The molecule has 0 amide bonds. The molecule has 0 aliphatic rings. The van der Waals surface area contributed by atoms with Crippen molar-refractivity contribution in [3.8, 4) is 0 Å². The zero-order chi connectivity index (χ0) is 19.0. The third-order valence-corrected chi connectivity index (χ3v) is 2.68. The molecule has 0 saturated carbocycles. The smallest absolute Gasteiger partial charge is 0.330 e. The molecule has 0 aromatic rings. The van der Waals surface area contributed by atoms with Crippen LogP contribution in [0.4, 0.5) is 0 Å². The van der Waals surface area contributed by atoms with Gasteiger partial charge in [-0.05, 0) is 40.5 Å². The van der Waals surface area contributed by atoms with Gasteiger partial charge >= 0.3 is 17.9 Å². The van der Waals surface area contributed by atoms with E-state index >= 15 is 0 Å². The van der Waals surface area contributed by atoms with Crippen molar-refractivity contribution in [2.75, 3.05) is 0 Å².